The Morgan fingerprint density at radius 1 is 1.57 bits per heavy atom. The molecule has 3 heteroatoms. The molecule has 1 rings (SSSR count). The molecule has 2 unspecified atom stereocenters. The average molecular weight is 217 g/mol. The summed E-state index contributed by atoms with van der Waals surface area (Å²) in [5.74, 6) is 1.28. The van der Waals surface area contributed by atoms with Crippen LogP contribution in [0.25, 0.3) is 0 Å². The van der Waals surface area contributed by atoms with Crippen molar-refractivity contribution in [2.24, 2.45) is 0 Å². The third kappa shape index (κ3) is 3.14. The SMILES string of the molecule is CCCCSC1CCC(CO)(NC)C1. The van der Waals surface area contributed by atoms with E-state index in [1.165, 1.54) is 25.0 Å². The minimum absolute atomic E-state index is 0.0316. The number of thioether (sulfide) groups is 1. The molecule has 0 aromatic rings. The van der Waals surface area contributed by atoms with Crippen LogP contribution in [0.15, 0.2) is 0 Å². The van der Waals surface area contributed by atoms with E-state index in [0.717, 1.165) is 18.1 Å². The van der Waals surface area contributed by atoms with Gasteiger partial charge in [-0.25, -0.2) is 0 Å². The molecule has 0 aromatic heterocycles. The molecular formula is C11H23NOS. The number of rotatable bonds is 6. The molecule has 0 saturated heterocycles. The Bertz CT molecular complexity index is 159. The second-order valence-corrected chi connectivity index (χ2v) is 5.69. The lowest BCUT2D eigenvalue weighted by molar-refractivity contribution is 0.173. The molecule has 2 atom stereocenters. The van der Waals surface area contributed by atoms with Crippen molar-refractivity contribution in [2.45, 2.75) is 49.8 Å². The first kappa shape index (κ1) is 12.3. The molecule has 1 saturated carbocycles. The van der Waals surface area contributed by atoms with Crippen LogP contribution < -0.4 is 5.32 Å². The van der Waals surface area contributed by atoms with Crippen LogP contribution in [0.4, 0.5) is 0 Å². The van der Waals surface area contributed by atoms with Gasteiger partial charge in [-0.1, -0.05) is 13.3 Å². The van der Waals surface area contributed by atoms with Crippen LogP contribution in [0.2, 0.25) is 0 Å². The molecule has 2 nitrogen and oxygen atoms in total. The molecule has 0 heterocycles. The Labute approximate surface area is 91.9 Å². The summed E-state index contributed by atoms with van der Waals surface area (Å²) in [4.78, 5) is 0. The lowest BCUT2D eigenvalue weighted by Gasteiger charge is -2.26. The van der Waals surface area contributed by atoms with E-state index in [4.69, 9.17) is 0 Å². The average Bonchev–Trinajstić information content (AvgIpc) is 2.63. The van der Waals surface area contributed by atoms with E-state index in [0.29, 0.717) is 0 Å². The molecular weight excluding hydrogens is 194 g/mol. The van der Waals surface area contributed by atoms with Gasteiger partial charge in [-0.2, -0.15) is 11.8 Å². The highest BCUT2D eigenvalue weighted by molar-refractivity contribution is 7.99. The molecule has 0 bridgehead atoms. The van der Waals surface area contributed by atoms with Crippen LogP contribution in [-0.4, -0.2) is 35.3 Å². The van der Waals surface area contributed by atoms with Gasteiger partial charge in [0.05, 0.1) is 6.61 Å². The van der Waals surface area contributed by atoms with Crippen molar-refractivity contribution in [3.8, 4) is 0 Å². The highest BCUT2D eigenvalue weighted by atomic mass is 32.2. The third-order valence-corrected chi connectivity index (χ3v) is 4.65. The van der Waals surface area contributed by atoms with Crippen molar-refractivity contribution in [3.63, 3.8) is 0 Å². The number of nitrogens with one attached hydrogen (secondary N) is 1. The molecule has 2 N–H and O–H groups in total. The van der Waals surface area contributed by atoms with E-state index < -0.39 is 0 Å². The molecule has 0 aliphatic heterocycles. The van der Waals surface area contributed by atoms with Gasteiger partial charge in [0.25, 0.3) is 0 Å². The van der Waals surface area contributed by atoms with Crippen LogP contribution >= 0.6 is 11.8 Å². The number of hydrogen-bond acceptors (Lipinski definition) is 3. The number of aliphatic hydroxyl groups is 1. The summed E-state index contributed by atoms with van der Waals surface area (Å²) in [7, 11) is 1.97. The summed E-state index contributed by atoms with van der Waals surface area (Å²) in [6, 6.07) is 0. The molecule has 0 amide bonds. The normalized spacial score (nSPS) is 32.4. The molecule has 0 radical (unpaired) electrons. The van der Waals surface area contributed by atoms with Crippen LogP contribution in [0.3, 0.4) is 0 Å². The predicted molar refractivity (Wildman–Crippen MR) is 63.9 cm³/mol. The lowest BCUT2D eigenvalue weighted by atomic mass is 10.00. The molecule has 0 aromatic carbocycles. The zero-order valence-corrected chi connectivity index (χ0v) is 10.2. The van der Waals surface area contributed by atoms with Crippen molar-refractivity contribution in [3.05, 3.63) is 0 Å². The highest BCUT2D eigenvalue weighted by Crippen LogP contribution is 2.36. The maximum Gasteiger partial charge on any atom is 0.0613 e. The minimum Gasteiger partial charge on any atom is -0.394 e. The Kier molecular flexibility index (Phi) is 5.28. The van der Waals surface area contributed by atoms with Gasteiger partial charge < -0.3 is 10.4 Å². The standard InChI is InChI=1S/C11H23NOS/c1-3-4-7-14-10-5-6-11(8-10,9-13)12-2/h10,12-13H,3-9H2,1-2H3. The molecule has 14 heavy (non-hydrogen) atoms. The van der Waals surface area contributed by atoms with Crippen molar-refractivity contribution in [1.29, 1.82) is 0 Å². The molecule has 84 valence electrons. The van der Waals surface area contributed by atoms with Gasteiger partial charge in [-0.05, 0) is 38.5 Å². The summed E-state index contributed by atoms with van der Waals surface area (Å²) in [6.45, 7) is 2.52. The van der Waals surface area contributed by atoms with Gasteiger partial charge >= 0.3 is 0 Å². The fraction of sp³-hybridized carbons (Fsp3) is 1.00. The Morgan fingerprint density at radius 3 is 2.86 bits per heavy atom. The van der Waals surface area contributed by atoms with Crippen LogP contribution in [0.1, 0.15) is 39.0 Å². The predicted octanol–water partition coefficient (Wildman–Crippen LogP) is 2.02. The maximum absolute atomic E-state index is 9.33. The molecule has 1 aliphatic carbocycles. The first-order chi connectivity index (χ1) is 6.76. The van der Waals surface area contributed by atoms with Crippen molar-refractivity contribution in [1.82, 2.24) is 5.32 Å². The number of aliphatic hydroxyl groups excluding tert-OH is 1. The van der Waals surface area contributed by atoms with E-state index in [1.807, 2.05) is 7.05 Å². The van der Waals surface area contributed by atoms with Gasteiger partial charge in [0.15, 0.2) is 0 Å². The van der Waals surface area contributed by atoms with Crippen LogP contribution in [-0.2, 0) is 0 Å². The second-order valence-electron chi connectivity index (χ2n) is 4.28. The lowest BCUT2D eigenvalue weighted by Crippen LogP contribution is -2.44. The van der Waals surface area contributed by atoms with Gasteiger partial charge in [0, 0.05) is 10.8 Å². The quantitative estimate of drug-likeness (QED) is 0.668. The summed E-state index contributed by atoms with van der Waals surface area (Å²) in [6.07, 6.45) is 6.14. The first-order valence-electron chi connectivity index (χ1n) is 5.67. The fourth-order valence-corrected chi connectivity index (χ4v) is 3.57. The maximum atomic E-state index is 9.33. The monoisotopic (exact) mass is 217 g/mol. The topological polar surface area (TPSA) is 32.3 Å². The zero-order chi connectivity index (χ0) is 10.4. The molecule has 1 aliphatic rings. The second kappa shape index (κ2) is 5.99. The fourth-order valence-electron chi connectivity index (χ4n) is 2.06. The zero-order valence-electron chi connectivity index (χ0n) is 9.38. The Morgan fingerprint density at radius 2 is 2.36 bits per heavy atom. The van der Waals surface area contributed by atoms with E-state index >= 15 is 0 Å². The van der Waals surface area contributed by atoms with Gasteiger partial charge in [-0.15, -0.1) is 0 Å². The molecule has 0 spiro atoms. The summed E-state index contributed by atoms with van der Waals surface area (Å²) < 4.78 is 0. The van der Waals surface area contributed by atoms with Gasteiger partial charge in [0.2, 0.25) is 0 Å². The van der Waals surface area contributed by atoms with E-state index in [1.54, 1.807) is 0 Å². The molecule has 1 fully saturated rings. The minimum atomic E-state index is 0.0316. The third-order valence-electron chi connectivity index (χ3n) is 3.25. The van der Waals surface area contributed by atoms with Gasteiger partial charge in [-0.3, -0.25) is 0 Å². The van der Waals surface area contributed by atoms with Gasteiger partial charge in [0.1, 0.15) is 0 Å². The summed E-state index contributed by atoms with van der Waals surface area (Å²) >= 11 is 2.09. The van der Waals surface area contributed by atoms with E-state index in [9.17, 15) is 5.11 Å². The number of hydrogen-bond donors (Lipinski definition) is 2. The van der Waals surface area contributed by atoms with E-state index in [2.05, 4.69) is 24.0 Å². The van der Waals surface area contributed by atoms with Crippen molar-refractivity contribution >= 4 is 11.8 Å². The highest BCUT2D eigenvalue weighted by Gasteiger charge is 2.37. The summed E-state index contributed by atoms with van der Waals surface area (Å²) in [5.41, 5.74) is 0.0316. The van der Waals surface area contributed by atoms with Crippen LogP contribution in [0.5, 0.6) is 0 Å². The first-order valence-corrected chi connectivity index (χ1v) is 6.72. The largest absolute Gasteiger partial charge is 0.394 e. The van der Waals surface area contributed by atoms with Crippen molar-refractivity contribution < 1.29 is 5.11 Å². The Hall–Kier alpha value is 0.270. The van der Waals surface area contributed by atoms with Crippen LogP contribution in [0, 0.1) is 0 Å². The number of unbranched alkanes of at least 4 members (excludes halogenated alkanes) is 1. The van der Waals surface area contributed by atoms with Crippen molar-refractivity contribution in [2.75, 3.05) is 19.4 Å². The smallest absolute Gasteiger partial charge is 0.0613 e. The summed E-state index contributed by atoms with van der Waals surface area (Å²) in [5, 5.41) is 13.4. The number of likely N-dealkylation sites (N-methyl/N-ethyl adjacent to an activating group) is 1. The Balaban J connectivity index is 2.25. The van der Waals surface area contributed by atoms with E-state index in [-0.39, 0.29) is 12.1 Å².